The molecule has 0 bridgehead atoms. The molecule has 0 unspecified atom stereocenters. The Hall–Kier alpha value is -0.490. The smallest absolute Gasteiger partial charge is 0.137 e. The minimum atomic E-state index is -0.192. The molecule has 1 aliphatic rings. The largest absolute Gasteiger partial charge is 0.378 e. The van der Waals surface area contributed by atoms with E-state index in [1.165, 1.54) is 0 Å². The van der Waals surface area contributed by atoms with Crippen LogP contribution in [0.4, 0.5) is 4.39 Å². The van der Waals surface area contributed by atoms with Crippen molar-refractivity contribution >= 4 is 15.9 Å². The zero-order valence-electron chi connectivity index (χ0n) is 11.7. The van der Waals surface area contributed by atoms with E-state index < -0.39 is 0 Å². The van der Waals surface area contributed by atoms with Crippen LogP contribution < -0.4 is 5.73 Å². The Kier molecular flexibility index (Phi) is 6.42. The predicted octanol–water partition coefficient (Wildman–Crippen LogP) is 2.92. The molecular formula is C15H22BrFN2O. The quantitative estimate of drug-likeness (QED) is 0.806. The number of nitrogens with two attached hydrogens (primary N) is 1. The summed E-state index contributed by atoms with van der Waals surface area (Å²) in [7, 11) is 0. The third-order valence-electron chi connectivity index (χ3n) is 3.63. The van der Waals surface area contributed by atoms with Gasteiger partial charge in [-0.15, -0.1) is 0 Å². The third-order valence-corrected chi connectivity index (χ3v) is 4.27. The Morgan fingerprint density at radius 3 is 2.75 bits per heavy atom. The molecule has 2 N–H and O–H groups in total. The second-order valence-corrected chi connectivity index (χ2v) is 6.09. The summed E-state index contributed by atoms with van der Waals surface area (Å²) < 4.78 is 19.8. The molecule has 0 amide bonds. The van der Waals surface area contributed by atoms with Gasteiger partial charge < -0.3 is 10.5 Å². The molecule has 0 aliphatic carbocycles. The number of rotatable bonds is 6. The highest BCUT2D eigenvalue weighted by Crippen LogP contribution is 2.20. The summed E-state index contributed by atoms with van der Waals surface area (Å²) in [6.45, 7) is 4.27. The van der Waals surface area contributed by atoms with Crippen molar-refractivity contribution in [2.75, 3.05) is 26.2 Å². The van der Waals surface area contributed by atoms with Crippen LogP contribution in [0.25, 0.3) is 0 Å². The lowest BCUT2D eigenvalue weighted by Crippen LogP contribution is -2.36. The average molecular weight is 345 g/mol. The van der Waals surface area contributed by atoms with Crippen molar-refractivity contribution in [3.63, 3.8) is 0 Å². The van der Waals surface area contributed by atoms with Crippen molar-refractivity contribution in [2.24, 2.45) is 5.73 Å². The van der Waals surface area contributed by atoms with Gasteiger partial charge in [-0.05, 0) is 59.4 Å². The first kappa shape index (κ1) is 15.9. The van der Waals surface area contributed by atoms with E-state index in [2.05, 4.69) is 20.8 Å². The maximum absolute atomic E-state index is 13.5. The molecule has 1 aromatic carbocycles. The van der Waals surface area contributed by atoms with Gasteiger partial charge in [0.2, 0.25) is 0 Å². The van der Waals surface area contributed by atoms with Crippen molar-refractivity contribution in [3.8, 4) is 0 Å². The van der Waals surface area contributed by atoms with Crippen LogP contribution in [0.15, 0.2) is 22.7 Å². The molecule has 3 nitrogen and oxygen atoms in total. The number of nitrogens with zero attached hydrogens (tertiary/aromatic N) is 1. The maximum Gasteiger partial charge on any atom is 0.137 e. The van der Waals surface area contributed by atoms with Crippen LogP contribution >= 0.6 is 15.9 Å². The molecule has 2 rings (SSSR count). The molecule has 1 heterocycles. The Labute approximate surface area is 128 Å². The fourth-order valence-electron chi connectivity index (χ4n) is 2.46. The van der Waals surface area contributed by atoms with Gasteiger partial charge in [0.05, 0.1) is 10.6 Å². The fraction of sp³-hybridized carbons (Fsp3) is 0.600. The van der Waals surface area contributed by atoms with Gasteiger partial charge >= 0.3 is 0 Å². The molecule has 1 fully saturated rings. The van der Waals surface area contributed by atoms with Gasteiger partial charge in [0.1, 0.15) is 5.82 Å². The highest BCUT2D eigenvalue weighted by molar-refractivity contribution is 9.10. The van der Waals surface area contributed by atoms with E-state index in [-0.39, 0.29) is 5.82 Å². The van der Waals surface area contributed by atoms with E-state index in [0.29, 0.717) is 17.1 Å². The number of likely N-dealkylation sites (tertiary alicyclic amines) is 1. The highest BCUT2D eigenvalue weighted by atomic mass is 79.9. The monoisotopic (exact) mass is 344 g/mol. The number of hydrogen-bond donors (Lipinski definition) is 1. The second-order valence-electron chi connectivity index (χ2n) is 5.24. The van der Waals surface area contributed by atoms with E-state index in [1.54, 1.807) is 12.1 Å². The fourth-order valence-corrected chi connectivity index (χ4v) is 2.71. The zero-order chi connectivity index (χ0) is 14.4. The molecule has 1 aliphatic heterocycles. The minimum Gasteiger partial charge on any atom is -0.378 e. The molecule has 112 valence electrons. The first-order chi connectivity index (χ1) is 9.69. The van der Waals surface area contributed by atoms with Crippen LogP contribution in [-0.4, -0.2) is 37.2 Å². The highest BCUT2D eigenvalue weighted by Gasteiger charge is 2.19. The van der Waals surface area contributed by atoms with Crippen LogP contribution in [-0.2, 0) is 11.3 Å². The average Bonchev–Trinajstić information content (AvgIpc) is 2.45. The van der Waals surface area contributed by atoms with Gasteiger partial charge in [0, 0.05) is 26.2 Å². The number of piperidine rings is 1. The van der Waals surface area contributed by atoms with E-state index in [4.69, 9.17) is 10.5 Å². The summed E-state index contributed by atoms with van der Waals surface area (Å²) in [5.74, 6) is -0.192. The summed E-state index contributed by atoms with van der Waals surface area (Å²) >= 11 is 3.18. The summed E-state index contributed by atoms with van der Waals surface area (Å²) in [5.41, 5.74) is 6.47. The van der Waals surface area contributed by atoms with E-state index in [0.717, 1.165) is 51.1 Å². The topological polar surface area (TPSA) is 38.5 Å². The van der Waals surface area contributed by atoms with Crippen LogP contribution in [0.5, 0.6) is 0 Å². The van der Waals surface area contributed by atoms with E-state index >= 15 is 0 Å². The molecule has 0 saturated carbocycles. The molecular weight excluding hydrogens is 323 g/mol. The van der Waals surface area contributed by atoms with Gasteiger partial charge in [-0.1, -0.05) is 6.07 Å². The van der Waals surface area contributed by atoms with Gasteiger partial charge in [-0.3, -0.25) is 4.90 Å². The molecule has 0 atom stereocenters. The maximum atomic E-state index is 13.5. The number of halogens is 2. The SMILES string of the molecule is NCCCOC1CCN(Cc2ccc(Br)c(F)c2)CC1. The molecule has 5 heteroatoms. The Morgan fingerprint density at radius 2 is 2.10 bits per heavy atom. The first-order valence-corrected chi connectivity index (χ1v) is 7.96. The van der Waals surface area contributed by atoms with Gasteiger partial charge in [0.15, 0.2) is 0 Å². The standard InChI is InChI=1S/C15H22BrFN2O/c16-14-3-2-12(10-15(14)17)11-19-7-4-13(5-8-19)20-9-1-6-18/h2-3,10,13H,1,4-9,11,18H2. The number of ether oxygens (including phenoxy) is 1. The third kappa shape index (κ3) is 4.81. The van der Waals surface area contributed by atoms with Crippen LogP contribution in [0, 0.1) is 5.82 Å². The van der Waals surface area contributed by atoms with E-state index in [1.807, 2.05) is 6.07 Å². The first-order valence-electron chi connectivity index (χ1n) is 7.17. The molecule has 0 aromatic heterocycles. The summed E-state index contributed by atoms with van der Waals surface area (Å²) in [5, 5.41) is 0. The van der Waals surface area contributed by atoms with Gasteiger partial charge in [0.25, 0.3) is 0 Å². The Morgan fingerprint density at radius 1 is 1.35 bits per heavy atom. The van der Waals surface area contributed by atoms with Crippen molar-refractivity contribution in [3.05, 3.63) is 34.1 Å². The lowest BCUT2D eigenvalue weighted by atomic mass is 10.1. The summed E-state index contributed by atoms with van der Waals surface area (Å²) in [6, 6.07) is 5.35. The zero-order valence-corrected chi connectivity index (χ0v) is 13.2. The molecule has 1 aromatic rings. The van der Waals surface area contributed by atoms with Crippen molar-refractivity contribution in [1.29, 1.82) is 0 Å². The number of hydrogen-bond acceptors (Lipinski definition) is 3. The van der Waals surface area contributed by atoms with Crippen LogP contribution in [0.2, 0.25) is 0 Å². The minimum absolute atomic E-state index is 0.192. The van der Waals surface area contributed by atoms with Gasteiger partial charge in [-0.2, -0.15) is 0 Å². The van der Waals surface area contributed by atoms with Crippen LogP contribution in [0.1, 0.15) is 24.8 Å². The molecule has 20 heavy (non-hydrogen) atoms. The summed E-state index contributed by atoms with van der Waals surface area (Å²) in [6.07, 6.45) is 3.38. The van der Waals surface area contributed by atoms with Crippen molar-refractivity contribution < 1.29 is 9.13 Å². The normalized spacial score (nSPS) is 17.6. The lowest BCUT2D eigenvalue weighted by Gasteiger charge is -2.32. The molecule has 0 spiro atoms. The lowest BCUT2D eigenvalue weighted by molar-refractivity contribution is 0.00561. The molecule has 1 saturated heterocycles. The van der Waals surface area contributed by atoms with Gasteiger partial charge in [-0.25, -0.2) is 4.39 Å². The van der Waals surface area contributed by atoms with Crippen molar-refractivity contribution in [1.82, 2.24) is 4.90 Å². The second kappa shape index (κ2) is 8.08. The Bertz CT molecular complexity index is 422. The molecule has 0 radical (unpaired) electrons. The predicted molar refractivity (Wildman–Crippen MR) is 82.0 cm³/mol. The number of benzene rings is 1. The van der Waals surface area contributed by atoms with Crippen LogP contribution in [0.3, 0.4) is 0 Å². The summed E-state index contributed by atoms with van der Waals surface area (Å²) in [4.78, 5) is 2.35. The van der Waals surface area contributed by atoms with Crippen molar-refractivity contribution in [2.45, 2.75) is 31.9 Å². The van der Waals surface area contributed by atoms with E-state index in [9.17, 15) is 4.39 Å². The Balaban J connectivity index is 1.75.